The van der Waals surface area contributed by atoms with Gasteiger partial charge in [0, 0.05) is 49.2 Å². The van der Waals surface area contributed by atoms with E-state index in [0.29, 0.717) is 48.3 Å². The van der Waals surface area contributed by atoms with Gasteiger partial charge in [0.05, 0.1) is 25.5 Å². The molecule has 4 heterocycles. The number of hydrogen-bond acceptors (Lipinski definition) is 7. The van der Waals surface area contributed by atoms with Crippen molar-refractivity contribution in [1.82, 2.24) is 25.2 Å². The van der Waals surface area contributed by atoms with Gasteiger partial charge in [0.2, 0.25) is 0 Å². The summed E-state index contributed by atoms with van der Waals surface area (Å²) in [5, 5.41) is 12.2. The highest BCUT2D eigenvalue weighted by molar-refractivity contribution is 6.30. The van der Waals surface area contributed by atoms with E-state index in [9.17, 15) is 4.79 Å². The van der Waals surface area contributed by atoms with Crippen molar-refractivity contribution in [3.8, 4) is 17.2 Å². The number of para-hydroxylation sites is 1. The Kier molecular flexibility index (Phi) is 7.58. The SMILES string of the molecule is COc1cccc2c1OCc1cn(nn1)CCCOc1cc(Cl)ccc1C(=O)NC1CCN(CC1)C2. The predicted molar refractivity (Wildman–Crippen MR) is 135 cm³/mol. The lowest BCUT2D eigenvalue weighted by molar-refractivity contribution is 0.0904. The van der Waals surface area contributed by atoms with E-state index in [-0.39, 0.29) is 11.9 Å². The van der Waals surface area contributed by atoms with Crippen LogP contribution in [-0.4, -0.2) is 58.6 Å². The molecule has 3 aliphatic rings. The largest absolute Gasteiger partial charge is 0.493 e. The van der Waals surface area contributed by atoms with Crippen molar-refractivity contribution in [2.24, 2.45) is 0 Å². The molecule has 0 spiro atoms. The molecule has 0 saturated carbocycles. The fraction of sp³-hybridized carbons (Fsp3) is 0.423. The van der Waals surface area contributed by atoms with Gasteiger partial charge in [-0.3, -0.25) is 14.4 Å². The minimum Gasteiger partial charge on any atom is -0.493 e. The normalized spacial score (nSPS) is 20.8. The molecule has 0 radical (unpaired) electrons. The minimum absolute atomic E-state index is 0.0995. The minimum atomic E-state index is -0.140. The van der Waals surface area contributed by atoms with Crippen molar-refractivity contribution in [3.05, 3.63) is 64.4 Å². The Balaban J connectivity index is 1.39. The number of amides is 1. The third kappa shape index (κ3) is 5.74. The Labute approximate surface area is 215 Å². The van der Waals surface area contributed by atoms with Gasteiger partial charge in [0.15, 0.2) is 11.5 Å². The molecule has 9 nitrogen and oxygen atoms in total. The van der Waals surface area contributed by atoms with Crippen LogP contribution in [0.1, 0.15) is 40.9 Å². The van der Waals surface area contributed by atoms with Crippen LogP contribution in [0.25, 0.3) is 0 Å². The summed E-state index contributed by atoms with van der Waals surface area (Å²) in [7, 11) is 1.65. The topological polar surface area (TPSA) is 90.7 Å². The molecule has 4 bridgehead atoms. The van der Waals surface area contributed by atoms with E-state index < -0.39 is 0 Å². The number of nitrogens with one attached hydrogen (secondary N) is 1. The van der Waals surface area contributed by atoms with Crippen LogP contribution < -0.4 is 19.5 Å². The first-order chi connectivity index (χ1) is 17.6. The lowest BCUT2D eigenvalue weighted by Gasteiger charge is -2.33. The van der Waals surface area contributed by atoms with E-state index in [1.807, 2.05) is 18.3 Å². The third-order valence-electron chi connectivity index (χ3n) is 6.52. The Hall–Kier alpha value is -3.30. The molecule has 2 aromatic carbocycles. The van der Waals surface area contributed by atoms with Gasteiger partial charge in [-0.2, -0.15) is 0 Å². The molecule has 0 unspecified atom stereocenters. The first-order valence-corrected chi connectivity index (χ1v) is 12.6. The highest BCUT2D eigenvalue weighted by Gasteiger charge is 2.24. The third-order valence-corrected chi connectivity index (χ3v) is 6.76. The van der Waals surface area contributed by atoms with Crippen LogP contribution in [0.3, 0.4) is 0 Å². The molecule has 1 N–H and O–H groups in total. The zero-order chi connectivity index (χ0) is 24.9. The van der Waals surface area contributed by atoms with Crippen molar-refractivity contribution in [2.45, 2.75) is 45.0 Å². The zero-order valence-corrected chi connectivity index (χ0v) is 21.0. The van der Waals surface area contributed by atoms with Gasteiger partial charge >= 0.3 is 0 Å². The van der Waals surface area contributed by atoms with Crippen LogP contribution in [0.4, 0.5) is 0 Å². The molecule has 3 aliphatic heterocycles. The predicted octanol–water partition coefficient (Wildman–Crippen LogP) is 3.70. The van der Waals surface area contributed by atoms with Gasteiger partial charge in [-0.25, -0.2) is 0 Å². The zero-order valence-electron chi connectivity index (χ0n) is 20.3. The first kappa shape index (κ1) is 24.4. The Bertz CT molecular complexity index is 1210. The molecule has 6 rings (SSSR count). The summed E-state index contributed by atoms with van der Waals surface area (Å²) in [6.07, 6.45) is 4.28. The second kappa shape index (κ2) is 11.2. The van der Waals surface area contributed by atoms with Crippen LogP contribution in [0.15, 0.2) is 42.6 Å². The van der Waals surface area contributed by atoms with E-state index in [2.05, 4.69) is 26.6 Å². The number of carbonyl (C=O) groups excluding carboxylic acids is 1. The maximum Gasteiger partial charge on any atom is 0.255 e. The Morgan fingerprint density at radius 3 is 2.83 bits per heavy atom. The van der Waals surface area contributed by atoms with Gasteiger partial charge in [0.1, 0.15) is 18.1 Å². The standard InChI is InChI=1S/C26H30ClN5O4/c1-34-23-5-2-4-18-15-31-11-8-20(9-12-31)28-26(33)22-7-6-19(27)14-24(22)35-13-3-10-32-16-21(29-30-32)17-36-25(18)23/h2,4-7,14,16,20H,3,8-13,15,17H2,1H3,(H,28,33). The van der Waals surface area contributed by atoms with Crippen LogP contribution in [0.5, 0.6) is 17.2 Å². The number of benzene rings is 2. The van der Waals surface area contributed by atoms with E-state index >= 15 is 0 Å². The number of methoxy groups -OCH3 is 1. The lowest BCUT2D eigenvalue weighted by Crippen LogP contribution is -2.44. The van der Waals surface area contributed by atoms with E-state index in [0.717, 1.165) is 49.5 Å². The fourth-order valence-electron chi connectivity index (χ4n) is 4.62. The highest BCUT2D eigenvalue weighted by atomic mass is 35.5. The number of hydrogen-bond donors (Lipinski definition) is 1. The molecule has 10 heteroatoms. The van der Waals surface area contributed by atoms with Crippen LogP contribution >= 0.6 is 11.6 Å². The van der Waals surface area contributed by atoms with Gasteiger partial charge in [-0.05, 0) is 37.1 Å². The van der Waals surface area contributed by atoms with Crippen molar-refractivity contribution < 1.29 is 19.0 Å². The highest BCUT2D eigenvalue weighted by Crippen LogP contribution is 2.33. The molecule has 3 aromatic rings. The Morgan fingerprint density at radius 2 is 2.00 bits per heavy atom. The first-order valence-electron chi connectivity index (χ1n) is 12.2. The summed E-state index contributed by atoms with van der Waals surface area (Å²) in [6.45, 7) is 3.78. The number of rotatable bonds is 1. The lowest BCUT2D eigenvalue weighted by atomic mass is 10.0. The number of aromatic nitrogens is 3. The molecule has 1 amide bonds. The van der Waals surface area contributed by atoms with E-state index in [1.165, 1.54) is 0 Å². The maximum atomic E-state index is 13.1. The van der Waals surface area contributed by atoms with Crippen molar-refractivity contribution in [3.63, 3.8) is 0 Å². The smallest absolute Gasteiger partial charge is 0.255 e. The monoisotopic (exact) mass is 511 g/mol. The molecule has 1 fully saturated rings. The van der Waals surface area contributed by atoms with E-state index in [4.69, 9.17) is 25.8 Å². The van der Waals surface area contributed by atoms with Gasteiger partial charge in [-0.1, -0.05) is 28.9 Å². The summed E-state index contributed by atoms with van der Waals surface area (Å²) in [5.41, 5.74) is 2.29. The van der Waals surface area contributed by atoms with Crippen LogP contribution in [0, 0.1) is 0 Å². The second-order valence-electron chi connectivity index (χ2n) is 9.08. The van der Waals surface area contributed by atoms with Gasteiger partial charge in [-0.15, -0.1) is 5.10 Å². The van der Waals surface area contributed by atoms with E-state index in [1.54, 1.807) is 30.0 Å². The number of nitrogens with zero attached hydrogens (tertiary/aromatic N) is 4. The van der Waals surface area contributed by atoms with Crippen LogP contribution in [0.2, 0.25) is 5.02 Å². The Morgan fingerprint density at radius 1 is 1.14 bits per heavy atom. The van der Waals surface area contributed by atoms with Gasteiger partial charge < -0.3 is 19.5 Å². The molecular formula is C26H30ClN5O4. The number of ether oxygens (including phenoxy) is 3. The molecule has 36 heavy (non-hydrogen) atoms. The fourth-order valence-corrected chi connectivity index (χ4v) is 4.78. The molecule has 0 aliphatic carbocycles. The summed E-state index contributed by atoms with van der Waals surface area (Å²) in [5.74, 6) is 1.77. The van der Waals surface area contributed by atoms with Crippen molar-refractivity contribution in [1.29, 1.82) is 0 Å². The number of carbonyl (C=O) groups is 1. The maximum absolute atomic E-state index is 13.1. The summed E-state index contributed by atoms with van der Waals surface area (Å²) in [4.78, 5) is 15.5. The number of fused-ring (bicyclic) bond motifs is 7. The molecule has 1 saturated heterocycles. The molecular weight excluding hydrogens is 482 g/mol. The number of aryl methyl sites for hydroxylation is 1. The summed E-state index contributed by atoms with van der Waals surface area (Å²) in [6, 6.07) is 11.2. The van der Waals surface area contributed by atoms with Crippen molar-refractivity contribution in [2.75, 3.05) is 26.8 Å². The van der Waals surface area contributed by atoms with Crippen LogP contribution in [-0.2, 0) is 19.7 Å². The number of piperidine rings is 1. The molecule has 1 aromatic heterocycles. The van der Waals surface area contributed by atoms with Crippen molar-refractivity contribution >= 4 is 17.5 Å². The molecule has 190 valence electrons. The summed E-state index contributed by atoms with van der Waals surface area (Å²) < 4.78 is 19.5. The average molecular weight is 512 g/mol. The average Bonchev–Trinajstić information content (AvgIpc) is 3.34. The second-order valence-corrected chi connectivity index (χ2v) is 9.51. The quantitative estimate of drug-likeness (QED) is 0.532. The van der Waals surface area contributed by atoms with Gasteiger partial charge in [0.25, 0.3) is 5.91 Å². The number of halogens is 1. The summed E-state index contributed by atoms with van der Waals surface area (Å²) >= 11 is 6.19. The molecule has 0 atom stereocenters.